The van der Waals surface area contributed by atoms with E-state index >= 15 is 0 Å². The second kappa shape index (κ2) is 26.2. The predicted octanol–water partition coefficient (Wildman–Crippen LogP) is 4.19. The third-order valence-electron chi connectivity index (χ3n) is 4.70. The van der Waals surface area contributed by atoms with Crippen molar-refractivity contribution >= 4 is 10.1 Å². The molecule has 0 radical (unpaired) electrons. The summed E-state index contributed by atoms with van der Waals surface area (Å²) in [4.78, 5) is 4.35. The summed E-state index contributed by atoms with van der Waals surface area (Å²) in [5.41, 5.74) is 21.8. The predicted molar refractivity (Wildman–Crippen MR) is 127 cm³/mol. The molecule has 0 aliphatic carbocycles. The molecule has 0 aromatic carbocycles. The number of halogens is 1. The van der Waals surface area contributed by atoms with E-state index in [1.165, 1.54) is 4.91 Å². The Morgan fingerprint density at radius 2 is 1.44 bits per heavy atom. The fourth-order valence-electron chi connectivity index (χ4n) is 2.45. The molecule has 0 bridgehead atoms. The molecule has 6 atom stereocenters. The Hall–Kier alpha value is -1.06. The van der Waals surface area contributed by atoms with Gasteiger partial charge in [0.1, 0.15) is 0 Å². The second-order valence-corrected chi connectivity index (χ2v) is 8.61. The molecule has 0 aliphatic rings. The summed E-state index contributed by atoms with van der Waals surface area (Å²) in [5.74, 6) is 0.933. The van der Waals surface area contributed by atoms with Gasteiger partial charge in [0.2, 0.25) is 0 Å². The number of rotatable bonds is 11. The van der Waals surface area contributed by atoms with E-state index in [4.69, 9.17) is 22.1 Å². The van der Waals surface area contributed by atoms with E-state index in [1.807, 2.05) is 33.8 Å². The second-order valence-electron chi connectivity index (χ2n) is 7.01. The SMILES string of the molecule is C=C[C@H](C)C(OS(C)(=O)=O)[C@@H](C)CC.C=C[C@H](C)[C@H](N=[N+]=[N-])[C@@H](C)CC.[2H]CF.[N-]=[N+]=[N-].[Na+]. The number of alkyl halides is 1. The van der Waals surface area contributed by atoms with Crippen LogP contribution in [0.4, 0.5) is 4.39 Å². The van der Waals surface area contributed by atoms with E-state index in [2.05, 4.69) is 37.0 Å². The van der Waals surface area contributed by atoms with E-state index in [0.717, 1.165) is 19.1 Å². The van der Waals surface area contributed by atoms with Crippen molar-refractivity contribution in [2.24, 2.45) is 28.8 Å². The molecule has 9 nitrogen and oxygen atoms in total. The molecule has 0 saturated heterocycles. The minimum Gasteiger partial charge on any atom is -0.373 e. The minimum atomic E-state index is -3.38. The van der Waals surface area contributed by atoms with Gasteiger partial charge < -0.3 is 11.1 Å². The Morgan fingerprint density at radius 3 is 1.69 bits per heavy atom. The van der Waals surface area contributed by atoms with Crippen molar-refractivity contribution in [3.8, 4) is 0 Å². The maximum absolute atomic E-state index is 11.0. The Labute approximate surface area is 217 Å². The monoisotopic (exact) mass is 487 g/mol. The van der Waals surface area contributed by atoms with Crippen LogP contribution in [0.3, 0.4) is 0 Å². The largest absolute Gasteiger partial charge is 1.00 e. The van der Waals surface area contributed by atoms with Crippen molar-refractivity contribution in [1.29, 1.82) is 0 Å². The zero-order valence-electron chi connectivity index (χ0n) is 21.8. The maximum atomic E-state index is 11.0. The van der Waals surface area contributed by atoms with Gasteiger partial charge in [-0.05, 0) is 23.3 Å². The van der Waals surface area contributed by atoms with Crippen LogP contribution in [0.2, 0.25) is 0 Å². The molecule has 0 aromatic heterocycles. The number of hydrogen-bond acceptors (Lipinski definition) is 4. The fourth-order valence-corrected chi connectivity index (χ4v) is 3.22. The van der Waals surface area contributed by atoms with Crippen LogP contribution in [0.15, 0.2) is 30.4 Å². The first-order chi connectivity index (χ1) is 14.8. The van der Waals surface area contributed by atoms with Crippen molar-refractivity contribution < 1.29 is 47.9 Å². The summed E-state index contributed by atoms with van der Waals surface area (Å²) < 4.78 is 42.6. The molecular weight excluding hydrogens is 446 g/mol. The summed E-state index contributed by atoms with van der Waals surface area (Å²) >= 11 is 0. The molecular formula is C20H40FN6NaO3S. The minimum absolute atomic E-state index is 0. The van der Waals surface area contributed by atoms with Crippen molar-refractivity contribution in [3.05, 3.63) is 51.7 Å². The first-order valence-electron chi connectivity index (χ1n) is 10.5. The van der Waals surface area contributed by atoms with Gasteiger partial charge in [-0.1, -0.05) is 71.7 Å². The van der Waals surface area contributed by atoms with Crippen LogP contribution in [-0.2, 0) is 14.3 Å². The number of azide groups is 1. The number of hydrogen-bond donors (Lipinski definition) is 0. The maximum Gasteiger partial charge on any atom is 1.00 e. The van der Waals surface area contributed by atoms with E-state index in [0.29, 0.717) is 5.92 Å². The van der Waals surface area contributed by atoms with Crippen molar-refractivity contribution in [2.45, 2.75) is 66.5 Å². The smallest absolute Gasteiger partial charge is 0.373 e. The molecule has 12 heteroatoms. The summed E-state index contributed by atoms with van der Waals surface area (Å²) in [6, 6.07) is 0.0532. The normalized spacial score (nSPS) is 15.4. The van der Waals surface area contributed by atoms with Gasteiger partial charge in [0.25, 0.3) is 10.1 Å². The van der Waals surface area contributed by atoms with E-state index < -0.39 is 17.3 Å². The summed E-state index contributed by atoms with van der Waals surface area (Å²) in [7, 11) is -4.38. The average molecular weight is 488 g/mol. The van der Waals surface area contributed by atoms with Gasteiger partial charge in [0.15, 0.2) is 0 Å². The Bertz CT molecular complexity index is 675. The van der Waals surface area contributed by atoms with Gasteiger partial charge in [-0.15, -0.1) is 13.2 Å². The molecule has 0 aliphatic heterocycles. The fraction of sp³-hybridized carbons (Fsp3) is 0.800. The van der Waals surface area contributed by atoms with Gasteiger partial charge in [-0.3, -0.25) is 13.5 Å². The third-order valence-corrected chi connectivity index (χ3v) is 5.27. The third kappa shape index (κ3) is 23.6. The van der Waals surface area contributed by atoms with Crippen LogP contribution in [-0.4, -0.2) is 34.0 Å². The summed E-state index contributed by atoms with van der Waals surface area (Å²) in [5, 5.41) is 3.77. The topological polar surface area (TPSA) is 151 Å². The Balaban J connectivity index is -0.000000125. The molecule has 0 spiro atoms. The molecule has 32 heavy (non-hydrogen) atoms. The Morgan fingerprint density at radius 1 is 1.06 bits per heavy atom. The molecule has 0 aromatic rings. The van der Waals surface area contributed by atoms with Gasteiger partial charge in [0, 0.05) is 16.9 Å². The van der Waals surface area contributed by atoms with Crippen LogP contribution >= 0.6 is 0 Å². The molecule has 0 rings (SSSR count). The first-order valence-corrected chi connectivity index (χ1v) is 11.6. The van der Waals surface area contributed by atoms with Crippen LogP contribution in [0.25, 0.3) is 26.4 Å². The van der Waals surface area contributed by atoms with Crippen molar-refractivity contribution in [1.82, 2.24) is 0 Å². The van der Waals surface area contributed by atoms with Crippen LogP contribution in [0.5, 0.6) is 0 Å². The summed E-state index contributed by atoms with van der Waals surface area (Å²) in [6.45, 7) is 19.5. The molecule has 0 heterocycles. The molecule has 0 amide bonds. The van der Waals surface area contributed by atoms with Crippen LogP contribution < -0.4 is 29.6 Å². The van der Waals surface area contributed by atoms with Gasteiger partial charge in [0.05, 0.1) is 20.9 Å². The van der Waals surface area contributed by atoms with E-state index in [1.54, 1.807) is 6.08 Å². The Kier molecular flexibility index (Phi) is 31.3. The summed E-state index contributed by atoms with van der Waals surface area (Å²) in [6.07, 6.45) is 6.26. The average Bonchev–Trinajstić information content (AvgIpc) is 2.74. The molecule has 0 N–H and O–H groups in total. The standard InChI is InChI=1S/C10H20O3S.C9H17N3.CH3F.N3.Na/c1-6-8(3)10(9(4)7-2)13-14(5,11)12;1-5-7(3)9(11-12-10)8(4)6-2;1-2;1-3-2;/h6,8-10H,1,7H2,2-5H3;5,7-9H,1,6H2,2-4H3;1H3;;/q;;;-1;+1/t8-,9-,10?;7-,8-,9-;;;/m00.../s1/i;;1D;;. The van der Waals surface area contributed by atoms with Crippen molar-refractivity contribution in [2.75, 3.05) is 13.4 Å². The van der Waals surface area contributed by atoms with Crippen molar-refractivity contribution in [3.63, 3.8) is 0 Å². The molecule has 1 unspecified atom stereocenters. The zero-order chi connectivity index (χ0) is 26.3. The zero-order valence-corrected chi connectivity index (χ0v) is 23.7. The van der Waals surface area contributed by atoms with Gasteiger partial charge in [-0.25, -0.2) is 0 Å². The quantitative estimate of drug-likeness (QED) is 0.107. The first kappa shape index (κ1) is 38.2. The van der Waals surface area contributed by atoms with Crippen LogP contribution in [0.1, 0.15) is 55.8 Å². The van der Waals surface area contributed by atoms with Crippen LogP contribution in [0, 0.1) is 23.7 Å². The van der Waals surface area contributed by atoms with E-state index in [9.17, 15) is 12.8 Å². The molecule has 182 valence electrons. The molecule has 0 saturated carbocycles. The molecule has 0 fully saturated rings. The van der Waals surface area contributed by atoms with Gasteiger partial charge >= 0.3 is 29.6 Å². The number of nitrogens with zero attached hydrogens (tertiary/aromatic N) is 6. The van der Waals surface area contributed by atoms with Gasteiger partial charge in [-0.2, -0.15) is 8.42 Å². The van der Waals surface area contributed by atoms with E-state index in [-0.39, 0.29) is 59.5 Å².